The van der Waals surface area contributed by atoms with Crippen LogP contribution in [0.25, 0.3) is 0 Å². The maximum Gasteiger partial charge on any atom is 0.119 e. The molecule has 0 aliphatic heterocycles. The maximum atomic E-state index is 5.78. The number of likely N-dealkylation sites (N-methyl/N-ethyl adjacent to an activating group) is 1. The number of nitrogens with zero attached hydrogens (tertiary/aromatic N) is 1. The summed E-state index contributed by atoms with van der Waals surface area (Å²) in [5.41, 5.74) is 9.28. The van der Waals surface area contributed by atoms with Gasteiger partial charge in [0.25, 0.3) is 0 Å². The van der Waals surface area contributed by atoms with Gasteiger partial charge in [-0.25, -0.2) is 0 Å². The fourth-order valence-electron chi connectivity index (χ4n) is 2.15. The van der Waals surface area contributed by atoms with Gasteiger partial charge < -0.3 is 15.4 Å². The Kier molecular flexibility index (Phi) is 5.64. The highest BCUT2D eigenvalue weighted by Crippen LogP contribution is 2.15. The van der Waals surface area contributed by atoms with Gasteiger partial charge in [0.15, 0.2) is 0 Å². The molecule has 21 heavy (non-hydrogen) atoms. The second-order valence-corrected chi connectivity index (χ2v) is 5.29. The quantitative estimate of drug-likeness (QED) is 0.849. The van der Waals surface area contributed by atoms with Gasteiger partial charge in [0.05, 0.1) is 6.54 Å². The molecule has 0 aliphatic carbocycles. The zero-order valence-corrected chi connectivity index (χ0v) is 12.9. The van der Waals surface area contributed by atoms with Gasteiger partial charge in [0.1, 0.15) is 12.4 Å². The maximum absolute atomic E-state index is 5.78. The first-order valence-corrected chi connectivity index (χ1v) is 7.38. The summed E-state index contributed by atoms with van der Waals surface area (Å²) in [7, 11) is 2.08. The van der Waals surface area contributed by atoms with E-state index in [2.05, 4.69) is 55.3 Å². The van der Waals surface area contributed by atoms with Crippen LogP contribution in [0.15, 0.2) is 48.5 Å². The third-order valence-electron chi connectivity index (χ3n) is 3.53. The third-order valence-corrected chi connectivity index (χ3v) is 3.53. The summed E-state index contributed by atoms with van der Waals surface area (Å²) in [6.45, 7) is 4.30. The molecule has 2 aromatic rings. The van der Waals surface area contributed by atoms with E-state index in [1.54, 1.807) is 0 Å². The lowest BCUT2D eigenvalue weighted by atomic mass is 10.1. The highest BCUT2D eigenvalue weighted by Gasteiger charge is 2.01. The Morgan fingerprint density at radius 3 is 2.29 bits per heavy atom. The number of hydrogen-bond acceptors (Lipinski definition) is 3. The molecule has 0 unspecified atom stereocenters. The highest BCUT2D eigenvalue weighted by molar-refractivity contribution is 5.46. The van der Waals surface area contributed by atoms with Crippen molar-refractivity contribution in [1.29, 1.82) is 0 Å². The smallest absolute Gasteiger partial charge is 0.119 e. The molecule has 0 amide bonds. The van der Waals surface area contributed by atoms with Crippen molar-refractivity contribution >= 4 is 5.69 Å². The van der Waals surface area contributed by atoms with E-state index in [1.165, 1.54) is 16.8 Å². The molecule has 0 spiro atoms. The molecule has 3 heteroatoms. The number of ether oxygens (including phenoxy) is 1. The second-order valence-electron chi connectivity index (χ2n) is 5.29. The molecule has 0 aromatic heterocycles. The molecule has 0 radical (unpaired) electrons. The van der Waals surface area contributed by atoms with Crippen molar-refractivity contribution in [3.8, 4) is 5.75 Å². The lowest BCUT2D eigenvalue weighted by molar-refractivity contribution is 0.326. The van der Waals surface area contributed by atoms with Crippen molar-refractivity contribution in [2.75, 3.05) is 31.6 Å². The first-order valence-electron chi connectivity index (χ1n) is 7.38. The summed E-state index contributed by atoms with van der Waals surface area (Å²) in [6, 6.07) is 16.7. The molecule has 0 saturated carbocycles. The summed E-state index contributed by atoms with van der Waals surface area (Å²) >= 11 is 0. The van der Waals surface area contributed by atoms with Crippen molar-refractivity contribution in [2.24, 2.45) is 5.73 Å². The van der Waals surface area contributed by atoms with Crippen molar-refractivity contribution in [2.45, 2.75) is 13.3 Å². The average Bonchev–Trinajstić information content (AvgIpc) is 2.50. The standard InChI is InChI=1S/C18H24N2O/c1-15-3-7-17(8-4-15)20(2)13-14-21-18-9-5-16(6-10-18)11-12-19/h3-10H,11-14,19H2,1-2H3. The first-order chi connectivity index (χ1) is 10.2. The number of aryl methyl sites for hydroxylation is 1. The molecule has 0 fully saturated rings. The zero-order valence-electron chi connectivity index (χ0n) is 12.9. The fraction of sp³-hybridized carbons (Fsp3) is 0.333. The molecule has 112 valence electrons. The zero-order chi connectivity index (χ0) is 15.1. The van der Waals surface area contributed by atoms with Gasteiger partial charge in [0, 0.05) is 12.7 Å². The molecular formula is C18H24N2O. The van der Waals surface area contributed by atoms with Gasteiger partial charge in [-0.2, -0.15) is 0 Å². The molecule has 0 bridgehead atoms. The number of anilines is 1. The Morgan fingerprint density at radius 1 is 1.00 bits per heavy atom. The Bertz CT molecular complexity index is 534. The van der Waals surface area contributed by atoms with Crippen molar-refractivity contribution in [3.63, 3.8) is 0 Å². The number of nitrogens with two attached hydrogens (primary N) is 1. The third kappa shape index (κ3) is 4.80. The molecule has 3 nitrogen and oxygen atoms in total. The van der Waals surface area contributed by atoms with Crippen LogP contribution in [0.1, 0.15) is 11.1 Å². The van der Waals surface area contributed by atoms with Crippen molar-refractivity contribution in [3.05, 3.63) is 59.7 Å². The first kappa shape index (κ1) is 15.4. The van der Waals surface area contributed by atoms with E-state index in [0.717, 1.165) is 18.7 Å². The number of hydrogen-bond donors (Lipinski definition) is 1. The number of rotatable bonds is 7. The molecule has 2 aromatic carbocycles. The van der Waals surface area contributed by atoms with Crippen LogP contribution in [0.5, 0.6) is 5.75 Å². The molecule has 0 saturated heterocycles. The molecule has 0 heterocycles. The average molecular weight is 284 g/mol. The van der Waals surface area contributed by atoms with E-state index < -0.39 is 0 Å². The van der Waals surface area contributed by atoms with E-state index in [-0.39, 0.29) is 0 Å². The Balaban J connectivity index is 1.79. The van der Waals surface area contributed by atoms with Gasteiger partial charge in [-0.05, 0) is 49.7 Å². The fourth-order valence-corrected chi connectivity index (χ4v) is 2.15. The van der Waals surface area contributed by atoms with Crippen LogP contribution >= 0.6 is 0 Å². The number of benzene rings is 2. The monoisotopic (exact) mass is 284 g/mol. The minimum atomic E-state index is 0.667. The molecule has 0 atom stereocenters. The Hall–Kier alpha value is -2.00. The van der Waals surface area contributed by atoms with Gasteiger partial charge >= 0.3 is 0 Å². The summed E-state index contributed by atoms with van der Waals surface area (Å²) in [6.07, 6.45) is 0.913. The predicted octanol–water partition coefficient (Wildman–Crippen LogP) is 3.01. The summed E-state index contributed by atoms with van der Waals surface area (Å²) < 4.78 is 5.78. The second kappa shape index (κ2) is 7.70. The minimum absolute atomic E-state index is 0.667. The largest absolute Gasteiger partial charge is 0.492 e. The normalized spacial score (nSPS) is 10.4. The van der Waals surface area contributed by atoms with Crippen LogP contribution in [-0.4, -0.2) is 26.7 Å². The van der Waals surface area contributed by atoms with Crippen LogP contribution in [0.2, 0.25) is 0 Å². The molecular weight excluding hydrogens is 260 g/mol. The van der Waals surface area contributed by atoms with Crippen LogP contribution in [0, 0.1) is 6.92 Å². The van der Waals surface area contributed by atoms with Crippen molar-refractivity contribution in [1.82, 2.24) is 0 Å². The lowest BCUT2D eigenvalue weighted by Crippen LogP contribution is -2.23. The molecule has 2 rings (SSSR count). The Morgan fingerprint density at radius 2 is 1.67 bits per heavy atom. The lowest BCUT2D eigenvalue weighted by Gasteiger charge is -2.19. The van der Waals surface area contributed by atoms with E-state index in [0.29, 0.717) is 13.2 Å². The van der Waals surface area contributed by atoms with Gasteiger partial charge in [-0.1, -0.05) is 29.8 Å². The van der Waals surface area contributed by atoms with E-state index >= 15 is 0 Å². The molecule has 0 aliphatic rings. The van der Waals surface area contributed by atoms with Crippen LogP contribution in [0.4, 0.5) is 5.69 Å². The van der Waals surface area contributed by atoms with Gasteiger partial charge in [-0.15, -0.1) is 0 Å². The van der Waals surface area contributed by atoms with E-state index in [4.69, 9.17) is 10.5 Å². The van der Waals surface area contributed by atoms with Crippen LogP contribution in [0.3, 0.4) is 0 Å². The SMILES string of the molecule is Cc1ccc(N(C)CCOc2ccc(CCN)cc2)cc1. The molecule has 2 N–H and O–H groups in total. The summed E-state index contributed by atoms with van der Waals surface area (Å²) in [4.78, 5) is 2.20. The predicted molar refractivity (Wildman–Crippen MR) is 89.1 cm³/mol. The van der Waals surface area contributed by atoms with E-state index in [9.17, 15) is 0 Å². The van der Waals surface area contributed by atoms with Gasteiger partial charge in [-0.3, -0.25) is 0 Å². The van der Waals surface area contributed by atoms with Crippen LogP contribution < -0.4 is 15.4 Å². The topological polar surface area (TPSA) is 38.5 Å². The highest BCUT2D eigenvalue weighted by atomic mass is 16.5. The Labute approximate surface area is 127 Å². The summed E-state index contributed by atoms with van der Waals surface area (Å²) in [5.74, 6) is 0.910. The summed E-state index contributed by atoms with van der Waals surface area (Å²) in [5, 5.41) is 0. The van der Waals surface area contributed by atoms with Gasteiger partial charge in [0.2, 0.25) is 0 Å². The van der Waals surface area contributed by atoms with E-state index in [1.807, 2.05) is 12.1 Å². The van der Waals surface area contributed by atoms with Crippen LogP contribution in [-0.2, 0) is 6.42 Å². The minimum Gasteiger partial charge on any atom is -0.492 e. The van der Waals surface area contributed by atoms with Crippen molar-refractivity contribution < 1.29 is 4.74 Å².